The van der Waals surface area contributed by atoms with Crippen molar-refractivity contribution in [3.63, 3.8) is 0 Å². The van der Waals surface area contributed by atoms with Crippen LogP contribution < -0.4 is 9.62 Å². The number of fused-ring (bicyclic) bond motifs is 1. The molecule has 0 saturated carbocycles. The zero-order valence-electron chi connectivity index (χ0n) is 12.5. The molecule has 23 heavy (non-hydrogen) atoms. The summed E-state index contributed by atoms with van der Waals surface area (Å²) in [5, 5.41) is 10.3. The number of nitrogens with zero attached hydrogens (tertiary/aromatic N) is 1. The summed E-state index contributed by atoms with van der Waals surface area (Å²) in [6.07, 6.45) is 0.0748. The van der Waals surface area contributed by atoms with E-state index < -0.39 is 16.1 Å². The lowest BCUT2D eigenvalue weighted by Crippen LogP contribution is -2.28. The van der Waals surface area contributed by atoms with Crippen molar-refractivity contribution in [3.05, 3.63) is 45.2 Å². The number of likely N-dealkylation sites (N-methyl/N-ethyl adjacent to an activating group) is 1. The number of nitrogens with one attached hydrogen (secondary N) is 1. The maximum Gasteiger partial charge on any atom is 0.250 e. The lowest BCUT2D eigenvalue weighted by molar-refractivity contribution is 0.182. The minimum absolute atomic E-state index is 0.0491. The van der Waals surface area contributed by atoms with Crippen LogP contribution in [0, 0.1) is 0 Å². The summed E-state index contributed by atoms with van der Waals surface area (Å²) in [6.45, 7) is 0.918. The van der Waals surface area contributed by atoms with Crippen molar-refractivity contribution in [1.29, 1.82) is 0 Å². The van der Waals surface area contributed by atoms with Gasteiger partial charge in [0.05, 0.1) is 9.89 Å². The Morgan fingerprint density at radius 2 is 2.17 bits per heavy atom. The van der Waals surface area contributed by atoms with Crippen LogP contribution in [0.15, 0.2) is 38.3 Å². The van der Waals surface area contributed by atoms with Gasteiger partial charge in [0, 0.05) is 25.8 Å². The molecule has 1 atom stereocenters. The number of thiophene rings is 1. The summed E-state index contributed by atoms with van der Waals surface area (Å²) < 4.78 is 27.8. The molecule has 0 bridgehead atoms. The maximum atomic E-state index is 12.2. The molecule has 2 heterocycles. The number of hydrogen-bond donors (Lipinski definition) is 2. The molecule has 3 rings (SSSR count). The highest BCUT2D eigenvalue weighted by Crippen LogP contribution is 2.30. The monoisotopic (exact) mass is 416 g/mol. The molecule has 0 unspecified atom stereocenters. The third kappa shape index (κ3) is 3.61. The van der Waals surface area contributed by atoms with Gasteiger partial charge in [-0.05, 0) is 51.7 Å². The van der Waals surface area contributed by atoms with E-state index in [-0.39, 0.29) is 10.8 Å². The largest absolute Gasteiger partial charge is 0.387 e. The van der Waals surface area contributed by atoms with Crippen molar-refractivity contribution in [1.82, 2.24) is 4.72 Å². The van der Waals surface area contributed by atoms with Gasteiger partial charge in [-0.15, -0.1) is 11.3 Å². The van der Waals surface area contributed by atoms with E-state index in [0.717, 1.165) is 33.7 Å². The second-order valence-corrected chi connectivity index (χ2v) is 9.94. The van der Waals surface area contributed by atoms with Crippen LogP contribution in [0.1, 0.15) is 17.2 Å². The van der Waals surface area contributed by atoms with Gasteiger partial charge in [-0.25, -0.2) is 13.1 Å². The van der Waals surface area contributed by atoms with Crippen molar-refractivity contribution in [2.75, 3.05) is 25.0 Å². The second kappa shape index (κ2) is 6.52. The molecule has 1 aromatic carbocycles. The van der Waals surface area contributed by atoms with Gasteiger partial charge in [-0.1, -0.05) is 12.1 Å². The Bertz CT molecular complexity index is 820. The van der Waals surface area contributed by atoms with E-state index in [1.54, 1.807) is 6.07 Å². The molecule has 0 amide bonds. The van der Waals surface area contributed by atoms with E-state index >= 15 is 0 Å². The topological polar surface area (TPSA) is 69.6 Å². The Kier molecular flexibility index (Phi) is 4.80. The van der Waals surface area contributed by atoms with Crippen LogP contribution in [0.5, 0.6) is 0 Å². The van der Waals surface area contributed by atoms with Gasteiger partial charge < -0.3 is 10.0 Å². The minimum Gasteiger partial charge on any atom is -0.387 e. The van der Waals surface area contributed by atoms with Crippen LogP contribution in [0.4, 0.5) is 5.69 Å². The number of anilines is 1. The third-order valence-corrected chi connectivity index (χ3v) is 7.44. The predicted octanol–water partition coefficient (Wildman–Crippen LogP) is 2.51. The molecular weight excluding hydrogens is 400 g/mol. The SMILES string of the molecule is CN1CCc2cc([C@@H](O)CNS(=O)(=O)c3ccc(Br)s3)ccc21. The summed E-state index contributed by atoms with van der Waals surface area (Å²) >= 11 is 4.39. The number of aliphatic hydroxyl groups excluding tert-OH is 1. The number of benzene rings is 1. The van der Waals surface area contributed by atoms with Gasteiger partial charge in [-0.2, -0.15) is 0 Å². The standard InChI is InChI=1S/C15H17BrN2O3S2/c1-18-7-6-10-8-11(2-3-12(10)18)13(19)9-17-23(20,21)15-5-4-14(16)22-15/h2-5,8,13,17,19H,6-7,9H2,1H3/t13-/m0/s1. The van der Waals surface area contributed by atoms with Crippen LogP contribution in [0.3, 0.4) is 0 Å². The van der Waals surface area contributed by atoms with Gasteiger partial charge in [-0.3, -0.25) is 0 Å². The minimum atomic E-state index is -3.59. The smallest absolute Gasteiger partial charge is 0.250 e. The van der Waals surface area contributed by atoms with E-state index in [1.807, 2.05) is 25.2 Å². The normalized spacial score (nSPS) is 15.7. The quantitative estimate of drug-likeness (QED) is 0.785. The van der Waals surface area contributed by atoms with Crippen molar-refractivity contribution in [3.8, 4) is 0 Å². The van der Waals surface area contributed by atoms with Crippen LogP contribution >= 0.6 is 27.3 Å². The fraction of sp³-hybridized carbons (Fsp3) is 0.333. The number of hydrogen-bond acceptors (Lipinski definition) is 5. The Morgan fingerprint density at radius 1 is 1.39 bits per heavy atom. The summed E-state index contributed by atoms with van der Waals surface area (Å²) in [5.74, 6) is 0. The summed E-state index contributed by atoms with van der Waals surface area (Å²) in [4.78, 5) is 2.17. The second-order valence-electron chi connectivity index (χ2n) is 5.49. The lowest BCUT2D eigenvalue weighted by atomic mass is 10.0. The molecule has 0 saturated heterocycles. The van der Waals surface area contributed by atoms with Gasteiger partial charge in [0.15, 0.2) is 0 Å². The molecular formula is C15H17BrN2O3S2. The van der Waals surface area contributed by atoms with Crippen LogP contribution in [0.25, 0.3) is 0 Å². The van der Waals surface area contributed by atoms with Gasteiger partial charge in [0.2, 0.25) is 10.0 Å². The fourth-order valence-corrected chi connectivity index (χ4v) is 5.71. The van der Waals surface area contributed by atoms with Gasteiger partial charge in [0.25, 0.3) is 0 Å². The van der Waals surface area contributed by atoms with E-state index in [0.29, 0.717) is 0 Å². The Morgan fingerprint density at radius 3 is 2.87 bits per heavy atom. The lowest BCUT2D eigenvalue weighted by Gasteiger charge is -2.15. The third-order valence-electron chi connectivity index (χ3n) is 3.90. The van der Waals surface area contributed by atoms with Crippen molar-refractivity contribution in [2.45, 2.75) is 16.7 Å². The molecule has 0 aliphatic carbocycles. The zero-order chi connectivity index (χ0) is 16.6. The molecule has 2 aromatic rings. The molecule has 1 aliphatic rings. The van der Waals surface area contributed by atoms with Crippen LogP contribution in [-0.2, 0) is 16.4 Å². The molecule has 1 aliphatic heterocycles. The van der Waals surface area contributed by atoms with Gasteiger partial charge >= 0.3 is 0 Å². The summed E-state index contributed by atoms with van der Waals surface area (Å²) in [7, 11) is -1.56. The van der Waals surface area contributed by atoms with Crippen molar-refractivity contribution in [2.24, 2.45) is 0 Å². The van der Waals surface area contributed by atoms with Gasteiger partial charge in [0.1, 0.15) is 4.21 Å². The first-order valence-corrected chi connectivity index (χ1v) is 10.2. The Labute approximate surface area is 148 Å². The number of halogens is 1. The highest BCUT2D eigenvalue weighted by molar-refractivity contribution is 9.11. The summed E-state index contributed by atoms with van der Waals surface area (Å²) in [5.41, 5.74) is 3.09. The maximum absolute atomic E-state index is 12.2. The molecule has 2 N–H and O–H groups in total. The first-order chi connectivity index (χ1) is 10.9. The highest BCUT2D eigenvalue weighted by atomic mass is 79.9. The number of rotatable bonds is 5. The first kappa shape index (κ1) is 16.9. The van der Waals surface area contributed by atoms with Crippen LogP contribution in [0.2, 0.25) is 0 Å². The first-order valence-electron chi connectivity index (χ1n) is 7.14. The van der Waals surface area contributed by atoms with E-state index in [9.17, 15) is 13.5 Å². The highest BCUT2D eigenvalue weighted by Gasteiger charge is 2.21. The van der Waals surface area contributed by atoms with E-state index in [1.165, 1.54) is 17.3 Å². The molecule has 0 spiro atoms. The van der Waals surface area contributed by atoms with E-state index in [2.05, 4.69) is 25.6 Å². The fourth-order valence-electron chi connectivity index (χ4n) is 2.61. The molecule has 8 heteroatoms. The molecule has 0 radical (unpaired) electrons. The zero-order valence-corrected chi connectivity index (χ0v) is 15.7. The molecule has 124 valence electrons. The molecule has 1 aromatic heterocycles. The van der Waals surface area contributed by atoms with Crippen LogP contribution in [-0.4, -0.2) is 33.7 Å². The Hall–Kier alpha value is -0.930. The molecule has 5 nitrogen and oxygen atoms in total. The average molecular weight is 417 g/mol. The average Bonchev–Trinajstić information content (AvgIpc) is 3.12. The van der Waals surface area contributed by atoms with E-state index in [4.69, 9.17) is 0 Å². The number of sulfonamides is 1. The Balaban J connectivity index is 1.69. The molecule has 0 fully saturated rings. The predicted molar refractivity (Wildman–Crippen MR) is 95.6 cm³/mol. The summed E-state index contributed by atoms with van der Waals surface area (Å²) in [6, 6.07) is 9.01. The van der Waals surface area contributed by atoms with Crippen molar-refractivity contribution >= 4 is 43.0 Å². The van der Waals surface area contributed by atoms with Crippen molar-refractivity contribution < 1.29 is 13.5 Å². The number of aliphatic hydroxyl groups is 1.